The van der Waals surface area contributed by atoms with E-state index < -0.39 is 0 Å². The van der Waals surface area contributed by atoms with Crippen LogP contribution in [0, 0.1) is 6.92 Å². The number of H-pyrrole nitrogens is 1. The highest BCUT2D eigenvalue weighted by atomic mass is 32.1. The van der Waals surface area contributed by atoms with Crippen LogP contribution in [0.5, 0.6) is 0 Å². The van der Waals surface area contributed by atoms with E-state index >= 15 is 0 Å². The summed E-state index contributed by atoms with van der Waals surface area (Å²) in [6.07, 6.45) is 1.81. The molecule has 1 heterocycles. The highest BCUT2D eigenvalue weighted by Crippen LogP contribution is 2.28. The van der Waals surface area contributed by atoms with Crippen LogP contribution < -0.4 is 10.7 Å². The Morgan fingerprint density at radius 1 is 0.929 bits per heavy atom. The van der Waals surface area contributed by atoms with Crippen molar-refractivity contribution in [3.05, 3.63) is 90.0 Å². The smallest absolute Gasteiger partial charge is 0.191 e. The molecule has 0 aliphatic rings. The van der Waals surface area contributed by atoms with Crippen LogP contribution in [-0.2, 0) is 0 Å². The first-order valence-corrected chi connectivity index (χ1v) is 9.44. The Hall–Kier alpha value is -3.44. The quantitative estimate of drug-likeness (QED) is 0.249. The van der Waals surface area contributed by atoms with Crippen LogP contribution in [0.3, 0.4) is 0 Å². The molecule has 0 spiro atoms. The largest absolute Gasteiger partial charge is 0.354 e. The molecule has 0 radical (unpaired) electrons. The lowest BCUT2D eigenvalue weighted by molar-refractivity contribution is 1.05. The summed E-state index contributed by atoms with van der Waals surface area (Å²) >= 11 is 5.34. The van der Waals surface area contributed by atoms with Gasteiger partial charge in [-0.3, -0.25) is 5.43 Å². The Morgan fingerprint density at radius 3 is 2.43 bits per heavy atom. The molecule has 0 atom stereocenters. The van der Waals surface area contributed by atoms with E-state index in [0.717, 1.165) is 33.4 Å². The van der Waals surface area contributed by atoms with Crippen molar-refractivity contribution in [1.82, 2.24) is 10.4 Å². The number of aromatic nitrogens is 1. The van der Waals surface area contributed by atoms with Crippen molar-refractivity contribution in [2.24, 2.45) is 5.10 Å². The lowest BCUT2D eigenvalue weighted by atomic mass is 10.1. The van der Waals surface area contributed by atoms with Gasteiger partial charge < -0.3 is 10.3 Å². The van der Waals surface area contributed by atoms with Crippen molar-refractivity contribution >= 4 is 40.1 Å². The Labute approximate surface area is 169 Å². The van der Waals surface area contributed by atoms with Crippen LogP contribution >= 0.6 is 12.2 Å². The van der Waals surface area contributed by atoms with E-state index in [1.165, 1.54) is 5.56 Å². The molecule has 0 saturated carbocycles. The minimum Gasteiger partial charge on any atom is -0.354 e. The van der Waals surface area contributed by atoms with Gasteiger partial charge in [0, 0.05) is 22.2 Å². The third-order valence-corrected chi connectivity index (χ3v) is 4.67. The summed E-state index contributed by atoms with van der Waals surface area (Å²) in [5.41, 5.74) is 9.27. The Kier molecular flexibility index (Phi) is 5.17. The van der Waals surface area contributed by atoms with Gasteiger partial charge in [0.05, 0.1) is 11.9 Å². The molecule has 4 rings (SSSR count). The summed E-state index contributed by atoms with van der Waals surface area (Å²) in [5.74, 6) is 0. The second-order valence-corrected chi connectivity index (χ2v) is 6.92. The SMILES string of the molecule is Cc1ccc(NC(=S)NN=Cc2c(-c3ccccc3)[nH]c3ccccc23)cc1. The first kappa shape index (κ1) is 17.9. The van der Waals surface area contributed by atoms with E-state index in [4.69, 9.17) is 12.2 Å². The van der Waals surface area contributed by atoms with E-state index in [9.17, 15) is 0 Å². The number of para-hydroxylation sites is 1. The second kappa shape index (κ2) is 8.06. The van der Waals surface area contributed by atoms with Gasteiger partial charge in [-0.2, -0.15) is 5.10 Å². The Balaban J connectivity index is 1.56. The number of nitrogens with one attached hydrogen (secondary N) is 3. The topological polar surface area (TPSA) is 52.2 Å². The molecule has 0 amide bonds. The monoisotopic (exact) mass is 384 g/mol. The van der Waals surface area contributed by atoms with Gasteiger partial charge >= 0.3 is 0 Å². The predicted molar refractivity (Wildman–Crippen MR) is 122 cm³/mol. The third-order valence-electron chi connectivity index (χ3n) is 4.48. The molecule has 138 valence electrons. The average molecular weight is 385 g/mol. The van der Waals surface area contributed by atoms with E-state index in [0.29, 0.717) is 5.11 Å². The molecule has 5 heteroatoms. The molecule has 4 aromatic rings. The standard InChI is InChI=1S/C23H20N4S/c1-16-11-13-18(14-12-16)25-23(28)27-24-15-20-19-9-5-6-10-21(19)26-22(20)17-7-3-2-4-8-17/h2-15,26H,1H3,(H2,25,27,28). The molecule has 0 bridgehead atoms. The van der Waals surface area contributed by atoms with Gasteiger partial charge in [0.15, 0.2) is 5.11 Å². The van der Waals surface area contributed by atoms with E-state index in [1.807, 2.05) is 60.8 Å². The van der Waals surface area contributed by atoms with Crippen LogP contribution in [0.15, 0.2) is 84.0 Å². The summed E-state index contributed by atoms with van der Waals surface area (Å²) in [5, 5.41) is 9.06. The number of hydrogen-bond donors (Lipinski definition) is 3. The predicted octanol–water partition coefficient (Wildman–Crippen LogP) is 5.46. The van der Waals surface area contributed by atoms with Crippen LogP contribution in [0.1, 0.15) is 11.1 Å². The number of aromatic amines is 1. The zero-order valence-electron chi connectivity index (χ0n) is 15.4. The molecule has 0 aliphatic heterocycles. The van der Waals surface area contributed by atoms with Crippen molar-refractivity contribution in [2.45, 2.75) is 6.92 Å². The zero-order chi connectivity index (χ0) is 19.3. The van der Waals surface area contributed by atoms with Crippen molar-refractivity contribution in [1.29, 1.82) is 0 Å². The summed E-state index contributed by atoms with van der Waals surface area (Å²) < 4.78 is 0. The van der Waals surface area contributed by atoms with Crippen molar-refractivity contribution in [3.8, 4) is 11.3 Å². The maximum atomic E-state index is 5.34. The van der Waals surface area contributed by atoms with Crippen LogP contribution in [0.25, 0.3) is 22.2 Å². The molecular weight excluding hydrogens is 364 g/mol. The zero-order valence-corrected chi connectivity index (χ0v) is 16.3. The van der Waals surface area contributed by atoms with Crippen LogP contribution in [-0.4, -0.2) is 16.3 Å². The molecule has 3 aromatic carbocycles. The number of thiocarbonyl (C=S) groups is 1. The van der Waals surface area contributed by atoms with Gasteiger partial charge in [0.25, 0.3) is 0 Å². The number of nitrogens with zero attached hydrogens (tertiary/aromatic N) is 1. The van der Waals surface area contributed by atoms with E-state index in [1.54, 1.807) is 0 Å². The summed E-state index contributed by atoms with van der Waals surface area (Å²) in [6, 6.07) is 26.5. The molecular formula is C23H20N4S. The maximum Gasteiger partial charge on any atom is 0.191 e. The normalized spacial score (nSPS) is 11.0. The second-order valence-electron chi connectivity index (χ2n) is 6.52. The van der Waals surface area contributed by atoms with Crippen molar-refractivity contribution in [2.75, 3.05) is 5.32 Å². The van der Waals surface area contributed by atoms with E-state index in [-0.39, 0.29) is 0 Å². The van der Waals surface area contributed by atoms with Gasteiger partial charge in [-0.15, -0.1) is 0 Å². The summed E-state index contributed by atoms with van der Waals surface area (Å²) in [4.78, 5) is 3.50. The highest BCUT2D eigenvalue weighted by molar-refractivity contribution is 7.80. The number of rotatable bonds is 4. The molecule has 0 aliphatic carbocycles. The number of hydrogen-bond acceptors (Lipinski definition) is 2. The molecule has 3 N–H and O–H groups in total. The lowest BCUT2D eigenvalue weighted by Gasteiger charge is -2.07. The number of anilines is 1. The van der Waals surface area contributed by atoms with Gasteiger partial charge in [0.2, 0.25) is 0 Å². The van der Waals surface area contributed by atoms with Crippen molar-refractivity contribution in [3.63, 3.8) is 0 Å². The first-order chi connectivity index (χ1) is 13.7. The average Bonchev–Trinajstić information content (AvgIpc) is 3.09. The molecule has 4 nitrogen and oxygen atoms in total. The highest BCUT2D eigenvalue weighted by Gasteiger charge is 2.11. The molecule has 1 aromatic heterocycles. The van der Waals surface area contributed by atoms with Gasteiger partial charge in [-0.1, -0.05) is 66.2 Å². The summed E-state index contributed by atoms with van der Waals surface area (Å²) in [6.45, 7) is 2.05. The van der Waals surface area contributed by atoms with Crippen LogP contribution in [0.4, 0.5) is 5.69 Å². The fourth-order valence-electron chi connectivity index (χ4n) is 3.08. The summed E-state index contributed by atoms with van der Waals surface area (Å²) in [7, 11) is 0. The molecule has 0 fully saturated rings. The molecule has 28 heavy (non-hydrogen) atoms. The Morgan fingerprint density at radius 2 is 1.64 bits per heavy atom. The minimum atomic E-state index is 0.446. The minimum absolute atomic E-state index is 0.446. The number of benzene rings is 3. The molecule has 0 saturated heterocycles. The van der Waals surface area contributed by atoms with Gasteiger partial charge in [-0.25, -0.2) is 0 Å². The Bertz CT molecular complexity index is 1130. The van der Waals surface area contributed by atoms with Gasteiger partial charge in [0.1, 0.15) is 0 Å². The number of fused-ring (bicyclic) bond motifs is 1. The third kappa shape index (κ3) is 3.94. The van der Waals surface area contributed by atoms with Crippen molar-refractivity contribution < 1.29 is 0 Å². The maximum absolute atomic E-state index is 5.34. The fourth-order valence-corrected chi connectivity index (χ4v) is 3.25. The number of aryl methyl sites for hydroxylation is 1. The van der Waals surface area contributed by atoms with Crippen LogP contribution in [0.2, 0.25) is 0 Å². The first-order valence-electron chi connectivity index (χ1n) is 9.03. The number of hydrazone groups is 1. The fraction of sp³-hybridized carbons (Fsp3) is 0.0435. The molecule has 0 unspecified atom stereocenters. The lowest BCUT2D eigenvalue weighted by Crippen LogP contribution is -2.23. The van der Waals surface area contributed by atoms with E-state index in [2.05, 4.69) is 52.0 Å². The van der Waals surface area contributed by atoms with Gasteiger partial charge in [-0.05, 0) is 42.9 Å².